The minimum atomic E-state index is -1.28. The number of rotatable bonds is 8. The SMILES string of the molecule is CCCCCC(O)(Cn1ccnn1)C(C)C(=O)O. The summed E-state index contributed by atoms with van der Waals surface area (Å²) in [6.45, 7) is 3.76. The summed E-state index contributed by atoms with van der Waals surface area (Å²) in [7, 11) is 0. The van der Waals surface area contributed by atoms with Crippen LogP contribution < -0.4 is 0 Å². The van der Waals surface area contributed by atoms with Crippen molar-refractivity contribution in [3.05, 3.63) is 12.4 Å². The Labute approximate surface area is 107 Å². The van der Waals surface area contributed by atoms with Gasteiger partial charge in [0.1, 0.15) is 0 Å². The van der Waals surface area contributed by atoms with Crippen LogP contribution in [-0.4, -0.2) is 36.8 Å². The molecule has 1 heterocycles. The summed E-state index contributed by atoms with van der Waals surface area (Å²) in [5.74, 6) is -1.83. The van der Waals surface area contributed by atoms with Crippen molar-refractivity contribution >= 4 is 5.97 Å². The molecule has 0 spiro atoms. The molecule has 6 nitrogen and oxygen atoms in total. The van der Waals surface area contributed by atoms with Gasteiger partial charge in [-0.25, -0.2) is 4.68 Å². The quantitative estimate of drug-likeness (QED) is 0.684. The molecule has 1 aromatic heterocycles. The molecule has 0 radical (unpaired) electrons. The number of aliphatic hydroxyl groups is 1. The van der Waals surface area contributed by atoms with E-state index >= 15 is 0 Å². The minimum absolute atomic E-state index is 0.157. The van der Waals surface area contributed by atoms with E-state index in [1.54, 1.807) is 6.20 Å². The van der Waals surface area contributed by atoms with Gasteiger partial charge < -0.3 is 10.2 Å². The second kappa shape index (κ2) is 6.49. The van der Waals surface area contributed by atoms with Gasteiger partial charge in [0.25, 0.3) is 0 Å². The first-order valence-corrected chi connectivity index (χ1v) is 6.29. The van der Waals surface area contributed by atoms with E-state index < -0.39 is 17.5 Å². The first kappa shape index (κ1) is 14.6. The molecular weight excluding hydrogens is 234 g/mol. The molecule has 0 aliphatic rings. The maximum atomic E-state index is 11.1. The second-order valence-corrected chi connectivity index (χ2v) is 4.72. The highest BCUT2D eigenvalue weighted by Gasteiger charge is 2.38. The number of hydrogen-bond acceptors (Lipinski definition) is 4. The predicted octanol–water partition coefficient (Wildman–Crippen LogP) is 1.31. The van der Waals surface area contributed by atoms with Gasteiger partial charge in [-0.05, 0) is 13.3 Å². The minimum Gasteiger partial charge on any atom is -0.481 e. The molecule has 6 heteroatoms. The van der Waals surface area contributed by atoms with E-state index in [2.05, 4.69) is 17.2 Å². The third-order valence-corrected chi connectivity index (χ3v) is 3.30. The number of aliphatic carboxylic acids is 1. The molecule has 2 N–H and O–H groups in total. The number of nitrogens with zero attached hydrogens (tertiary/aromatic N) is 3. The van der Waals surface area contributed by atoms with Gasteiger partial charge in [0.15, 0.2) is 0 Å². The summed E-state index contributed by atoms with van der Waals surface area (Å²) in [6.07, 6.45) is 6.40. The van der Waals surface area contributed by atoms with Crippen molar-refractivity contribution in [3.63, 3.8) is 0 Å². The van der Waals surface area contributed by atoms with Crippen molar-refractivity contribution in [2.45, 2.75) is 51.7 Å². The zero-order valence-electron chi connectivity index (χ0n) is 10.9. The standard InChI is InChI=1S/C12H21N3O3/c1-3-4-5-6-12(18,10(2)11(16)17)9-15-8-7-13-14-15/h7-8,10,18H,3-6,9H2,1-2H3,(H,16,17). The van der Waals surface area contributed by atoms with E-state index in [0.29, 0.717) is 6.42 Å². The Kier molecular flexibility index (Phi) is 5.27. The number of unbranched alkanes of at least 4 members (excludes halogenated alkanes) is 2. The Bertz CT molecular complexity index is 367. The second-order valence-electron chi connectivity index (χ2n) is 4.72. The zero-order chi connectivity index (χ0) is 13.6. The van der Waals surface area contributed by atoms with Crippen LogP contribution in [0.1, 0.15) is 39.5 Å². The Hall–Kier alpha value is -1.43. The molecule has 0 fully saturated rings. The number of carboxylic acids is 1. The van der Waals surface area contributed by atoms with Crippen LogP contribution in [0.15, 0.2) is 12.4 Å². The van der Waals surface area contributed by atoms with Crippen LogP contribution in [0, 0.1) is 5.92 Å². The number of hydrogen-bond donors (Lipinski definition) is 2. The first-order chi connectivity index (χ1) is 8.49. The monoisotopic (exact) mass is 255 g/mol. The molecule has 2 unspecified atom stereocenters. The number of aromatic nitrogens is 3. The van der Waals surface area contributed by atoms with Crippen molar-refractivity contribution in [3.8, 4) is 0 Å². The van der Waals surface area contributed by atoms with Crippen LogP contribution in [0.3, 0.4) is 0 Å². The normalized spacial score (nSPS) is 16.2. The van der Waals surface area contributed by atoms with E-state index in [9.17, 15) is 9.90 Å². The Morgan fingerprint density at radius 2 is 2.22 bits per heavy atom. The van der Waals surface area contributed by atoms with Gasteiger partial charge in [-0.1, -0.05) is 31.4 Å². The van der Waals surface area contributed by atoms with Crippen LogP contribution in [0.5, 0.6) is 0 Å². The highest BCUT2D eigenvalue weighted by atomic mass is 16.4. The summed E-state index contributed by atoms with van der Waals surface area (Å²) in [6, 6.07) is 0. The molecule has 102 valence electrons. The zero-order valence-corrected chi connectivity index (χ0v) is 10.9. The predicted molar refractivity (Wildman–Crippen MR) is 65.9 cm³/mol. The lowest BCUT2D eigenvalue weighted by Gasteiger charge is -2.31. The number of carboxylic acid groups (broad SMARTS) is 1. The van der Waals surface area contributed by atoms with Crippen LogP contribution in [0.2, 0.25) is 0 Å². The number of carbonyl (C=O) groups is 1. The molecule has 2 atom stereocenters. The molecule has 0 bridgehead atoms. The van der Waals surface area contributed by atoms with Crippen LogP contribution >= 0.6 is 0 Å². The lowest BCUT2D eigenvalue weighted by Crippen LogP contribution is -2.44. The average molecular weight is 255 g/mol. The third kappa shape index (κ3) is 3.80. The van der Waals surface area contributed by atoms with E-state index in [4.69, 9.17) is 5.11 Å². The Morgan fingerprint density at radius 3 is 2.72 bits per heavy atom. The maximum absolute atomic E-state index is 11.1. The fourth-order valence-corrected chi connectivity index (χ4v) is 1.94. The highest BCUT2D eigenvalue weighted by molar-refractivity contribution is 5.71. The van der Waals surface area contributed by atoms with E-state index in [0.717, 1.165) is 19.3 Å². The summed E-state index contributed by atoms with van der Waals surface area (Å²) < 4.78 is 1.48. The van der Waals surface area contributed by atoms with Crippen LogP contribution in [0.4, 0.5) is 0 Å². The largest absolute Gasteiger partial charge is 0.481 e. The molecule has 0 amide bonds. The third-order valence-electron chi connectivity index (χ3n) is 3.30. The molecule has 0 aliphatic carbocycles. The van der Waals surface area contributed by atoms with Crippen molar-refractivity contribution in [1.82, 2.24) is 15.0 Å². The molecule has 0 saturated carbocycles. The van der Waals surface area contributed by atoms with E-state index in [-0.39, 0.29) is 6.54 Å². The summed E-state index contributed by atoms with van der Waals surface area (Å²) >= 11 is 0. The van der Waals surface area contributed by atoms with Crippen molar-refractivity contribution in [1.29, 1.82) is 0 Å². The average Bonchev–Trinajstić information content (AvgIpc) is 2.80. The molecular formula is C12H21N3O3. The van der Waals surface area contributed by atoms with Crippen molar-refractivity contribution < 1.29 is 15.0 Å². The van der Waals surface area contributed by atoms with E-state index in [1.165, 1.54) is 17.8 Å². The van der Waals surface area contributed by atoms with Gasteiger partial charge in [-0.3, -0.25) is 4.79 Å². The lowest BCUT2D eigenvalue weighted by atomic mass is 9.84. The molecule has 1 aromatic rings. The fourth-order valence-electron chi connectivity index (χ4n) is 1.94. The van der Waals surface area contributed by atoms with Gasteiger partial charge in [-0.15, -0.1) is 5.10 Å². The molecule has 0 aromatic carbocycles. The van der Waals surface area contributed by atoms with Gasteiger partial charge in [0.05, 0.1) is 24.3 Å². The fraction of sp³-hybridized carbons (Fsp3) is 0.750. The first-order valence-electron chi connectivity index (χ1n) is 6.29. The smallest absolute Gasteiger partial charge is 0.309 e. The van der Waals surface area contributed by atoms with E-state index in [1.807, 2.05) is 0 Å². The van der Waals surface area contributed by atoms with Crippen LogP contribution in [-0.2, 0) is 11.3 Å². The van der Waals surface area contributed by atoms with Gasteiger partial charge in [-0.2, -0.15) is 0 Å². The molecule has 18 heavy (non-hydrogen) atoms. The van der Waals surface area contributed by atoms with Gasteiger partial charge >= 0.3 is 5.97 Å². The van der Waals surface area contributed by atoms with Crippen molar-refractivity contribution in [2.75, 3.05) is 0 Å². The topological polar surface area (TPSA) is 88.2 Å². The molecule has 0 saturated heterocycles. The van der Waals surface area contributed by atoms with Gasteiger partial charge in [0.2, 0.25) is 0 Å². The summed E-state index contributed by atoms with van der Waals surface area (Å²) in [4.78, 5) is 11.1. The molecule has 0 aliphatic heterocycles. The maximum Gasteiger partial charge on any atom is 0.309 e. The lowest BCUT2D eigenvalue weighted by molar-refractivity contribution is -0.153. The van der Waals surface area contributed by atoms with Gasteiger partial charge in [0, 0.05) is 6.20 Å². The van der Waals surface area contributed by atoms with Crippen molar-refractivity contribution in [2.24, 2.45) is 5.92 Å². The highest BCUT2D eigenvalue weighted by Crippen LogP contribution is 2.26. The van der Waals surface area contributed by atoms with Crippen LogP contribution in [0.25, 0.3) is 0 Å². The Balaban J connectivity index is 2.75. The summed E-state index contributed by atoms with van der Waals surface area (Å²) in [5.41, 5.74) is -1.28. The molecule has 1 rings (SSSR count). The summed E-state index contributed by atoms with van der Waals surface area (Å²) in [5, 5.41) is 27.1. The Morgan fingerprint density at radius 1 is 1.50 bits per heavy atom.